The Balaban J connectivity index is 1.65. The number of ether oxygens (including phenoxy) is 2. The first kappa shape index (κ1) is 13.3. The van der Waals surface area contributed by atoms with E-state index in [4.69, 9.17) is 9.47 Å². The van der Waals surface area contributed by atoms with Crippen LogP contribution in [0.25, 0.3) is 0 Å². The van der Waals surface area contributed by atoms with Gasteiger partial charge in [0.25, 0.3) is 0 Å². The lowest BCUT2D eigenvalue weighted by Crippen LogP contribution is -2.18. The third kappa shape index (κ3) is 2.76. The SMILES string of the molecule is COc1ccc(CBr)cc1OCC1CC2CCC1C2. The van der Waals surface area contributed by atoms with E-state index in [1.807, 2.05) is 6.07 Å². The van der Waals surface area contributed by atoms with Crippen LogP contribution in [-0.4, -0.2) is 13.7 Å². The molecule has 3 atom stereocenters. The molecule has 2 bridgehead atoms. The highest BCUT2D eigenvalue weighted by Gasteiger charge is 2.39. The molecule has 3 unspecified atom stereocenters. The molecule has 2 fully saturated rings. The summed E-state index contributed by atoms with van der Waals surface area (Å²) in [7, 11) is 1.70. The standard InChI is InChI=1S/C16H21BrO2/c1-18-15-5-3-12(9-17)8-16(15)19-10-14-7-11-2-4-13(14)6-11/h3,5,8,11,13-14H,2,4,6-7,9-10H2,1H3. The zero-order valence-corrected chi connectivity index (χ0v) is 13.0. The van der Waals surface area contributed by atoms with Crippen LogP contribution in [0.5, 0.6) is 11.5 Å². The molecule has 0 spiro atoms. The second-order valence-electron chi connectivity index (χ2n) is 5.86. The first-order valence-corrected chi connectivity index (χ1v) is 8.28. The van der Waals surface area contributed by atoms with E-state index in [-0.39, 0.29) is 0 Å². The van der Waals surface area contributed by atoms with Crippen LogP contribution in [0.4, 0.5) is 0 Å². The summed E-state index contributed by atoms with van der Waals surface area (Å²) in [5.74, 6) is 4.39. The number of fused-ring (bicyclic) bond motifs is 2. The van der Waals surface area contributed by atoms with Crippen LogP contribution in [0.3, 0.4) is 0 Å². The van der Waals surface area contributed by atoms with E-state index in [0.29, 0.717) is 0 Å². The highest BCUT2D eigenvalue weighted by Crippen LogP contribution is 2.48. The van der Waals surface area contributed by atoms with Crippen molar-refractivity contribution in [2.24, 2.45) is 17.8 Å². The van der Waals surface area contributed by atoms with Crippen molar-refractivity contribution in [3.63, 3.8) is 0 Å². The number of halogens is 1. The molecule has 2 aliphatic rings. The molecule has 0 saturated heterocycles. The Morgan fingerprint density at radius 1 is 1.21 bits per heavy atom. The molecule has 3 rings (SSSR count). The summed E-state index contributed by atoms with van der Waals surface area (Å²) in [5, 5.41) is 0.849. The van der Waals surface area contributed by atoms with Crippen LogP contribution in [-0.2, 0) is 5.33 Å². The van der Waals surface area contributed by atoms with Crippen LogP contribution in [0.1, 0.15) is 31.2 Å². The van der Waals surface area contributed by atoms with Crippen LogP contribution in [0.15, 0.2) is 18.2 Å². The fourth-order valence-corrected chi connectivity index (χ4v) is 4.04. The monoisotopic (exact) mass is 324 g/mol. The minimum atomic E-state index is 0.760. The highest BCUT2D eigenvalue weighted by molar-refractivity contribution is 9.08. The Hall–Kier alpha value is -0.700. The number of hydrogen-bond donors (Lipinski definition) is 0. The maximum absolute atomic E-state index is 6.06. The fourth-order valence-electron chi connectivity index (χ4n) is 3.69. The average molecular weight is 325 g/mol. The zero-order chi connectivity index (χ0) is 13.2. The maximum atomic E-state index is 6.06. The number of hydrogen-bond acceptors (Lipinski definition) is 2. The summed E-state index contributed by atoms with van der Waals surface area (Å²) in [4.78, 5) is 0. The van der Waals surface area contributed by atoms with Crippen molar-refractivity contribution >= 4 is 15.9 Å². The molecule has 0 aliphatic heterocycles. The third-order valence-corrected chi connectivity index (χ3v) is 5.37. The molecule has 2 saturated carbocycles. The first-order chi connectivity index (χ1) is 9.30. The van der Waals surface area contributed by atoms with Crippen molar-refractivity contribution in [3.8, 4) is 11.5 Å². The van der Waals surface area contributed by atoms with Crippen LogP contribution in [0.2, 0.25) is 0 Å². The normalized spacial score (nSPS) is 28.6. The summed E-state index contributed by atoms with van der Waals surface area (Å²) in [6.07, 6.45) is 5.67. The number of rotatable bonds is 5. The number of methoxy groups -OCH3 is 1. The lowest BCUT2D eigenvalue weighted by molar-refractivity contribution is 0.189. The van der Waals surface area contributed by atoms with E-state index in [1.165, 1.54) is 31.2 Å². The Morgan fingerprint density at radius 3 is 2.74 bits per heavy atom. The number of benzene rings is 1. The van der Waals surface area contributed by atoms with Gasteiger partial charge in [-0.3, -0.25) is 0 Å². The van der Waals surface area contributed by atoms with Crippen molar-refractivity contribution in [1.29, 1.82) is 0 Å². The highest BCUT2D eigenvalue weighted by atomic mass is 79.9. The summed E-state index contributed by atoms with van der Waals surface area (Å²) in [6, 6.07) is 6.14. The van der Waals surface area contributed by atoms with Crippen molar-refractivity contribution in [2.45, 2.75) is 31.0 Å². The zero-order valence-electron chi connectivity index (χ0n) is 11.4. The molecule has 0 N–H and O–H groups in total. The van der Waals surface area contributed by atoms with Crippen LogP contribution >= 0.6 is 15.9 Å². The Bertz CT molecular complexity index is 446. The summed E-state index contributed by atoms with van der Waals surface area (Å²) in [6.45, 7) is 0.850. The lowest BCUT2D eigenvalue weighted by atomic mass is 9.89. The van der Waals surface area contributed by atoms with E-state index in [1.54, 1.807) is 7.11 Å². The molecule has 104 valence electrons. The quantitative estimate of drug-likeness (QED) is 0.747. The summed E-state index contributed by atoms with van der Waals surface area (Å²) < 4.78 is 11.4. The molecule has 2 aliphatic carbocycles. The van der Waals surface area contributed by atoms with Crippen LogP contribution in [0, 0.1) is 17.8 Å². The summed E-state index contributed by atoms with van der Waals surface area (Å²) >= 11 is 3.49. The average Bonchev–Trinajstić information content (AvgIpc) is 3.07. The molecule has 1 aromatic rings. The van der Waals surface area contributed by atoms with Gasteiger partial charge in [-0.1, -0.05) is 28.4 Å². The van der Waals surface area contributed by atoms with Gasteiger partial charge in [-0.2, -0.15) is 0 Å². The molecular formula is C16H21BrO2. The summed E-state index contributed by atoms with van der Waals surface area (Å²) in [5.41, 5.74) is 1.23. The molecular weight excluding hydrogens is 304 g/mol. The van der Waals surface area contributed by atoms with Gasteiger partial charge >= 0.3 is 0 Å². The van der Waals surface area contributed by atoms with Crippen molar-refractivity contribution < 1.29 is 9.47 Å². The lowest BCUT2D eigenvalue weighted by Gasteiger charge is -2.22. The van der Waals surface area contributed by atoms with E-state index < -0.39 is 0 Å². The minimum absolute atomic E-state index is 0.760. The predicted octanol–water partition coefficient (Wildman–Crippen LogP) is 4.41. The smallest absolute Gasteiger partial charge is 0.161 e. The van der Waals surface area contributed by atoms with Gasteiger partial charge in [0.1, 0.15) is 0 Å². The van der Waals surface area contributed by atoms with Gasteiger partial charge in [0, 0.05) is 5.33 Å². The molecule has 0 heterocycles. The second kappa shape index (κ2) is 5.74. The molecule has 19 heavy (non-hydrogen) atoms. The predicted molar refractivity (Wildman–Crippen MR) is 80.1 cm³/mol. The van der Waals surface area contributed by atoms with E-state index in [2.05, 4.69) is 28.1 Å². The molecule has 3 heteroatoms. The van der Waals surface area contributed by atoms with Gasteiger partial charge in [-0.15, -0.1) is 0 Å². The molecule has 2 nitrogen and oxygen atoms in total. The second-order valence-corrected chi connectivity index (χ2v) is 6.43. The fraction of sp³-hybridized carbons (Fsp3) is 0.625. The van der Waals surface area contributed by atoms with Gasteiger partial charge in [0.2, 0.25) is 0 Å². The first-order valence-electron chi connectivity index (χ1n) is 7.16. The Kier molecular flexibility index (Phi) is 4.01. The molecule has 0 amide bonds. The van der Waals surface area contributed by atoms with Gasteiger partial charge < -0.3 is 9.47 Å². The van der Waals surface area contributed by atoms with Gasteiger partial charge in [-0.25, -0.2) is 0 Å². The molecule has 0 aromatic heterocycles. The van der Waals surface area contributed by atoms with E-state index in [0.717, 1.165) is 41.2 Å². The molecule has 0 radical (unpaired) electrons. The van der Waals surface area contributed by atoms with Gasteiger partial charge in [-0.05, 0) is 54.7 Å². The van der Waals surface area contributed by atoms with Gasteiger partial charge in [0.05, 0.1) is 13.7 Å². The number of alkyl halides is 1. The largest absolute Gasteiger partial charge is 0.493 e. The van der Waals surface area contributed by atoms with E-state index >= 15 is 0 Å². The van der Waals surface area contributed by atoms with Crippen molar-refractivity contribution in [1.82, 2.24) is 0 Å². The molecule has 1 aromatic carbocycles. The minimum Gasteiger partial charge on any atom is -0.493 e. The van der Waals surface area contributed by atoms with Crippen molar-refractivity contribution in [3.05, 3.63) is 23.8 Å². The van der Waals surface area contributed by atoms with Crippen molar-refractivity contribution in [2.75, 3.05) is 13.7 Å². The van der Waals surface area contributed by atoms with Crippen LogP contribution < -0.4 is 9.47 Å². The third-order valence-electron chi connectivity index (χ3n) is 4.72. The Labute approximate surface area is 123 Å². The maximum Gasteiger partial charge on any atom is 0.161 e. The van der Waals surface area contributed by atoms with E-state index in [9.17, 15) is 0 Å². The topological polar surface area (TPSA) is 18.5 Å². The Morgan fingerprint density at radius 2 is 2.11 bits per heavy atom. The van der Waals surface area contributed by atoms with Gasteiger partial charge in [0.15, 0.2) is 11.5 Å².